The Balaban J connectivity index is 1.38. The molecular formula is C20H15F3N4O2. The Morgan fingerprint density at radius 3 is 2.52 bits per heavy atom. The molecule has 0 bridgehead atoms. The third kappa shape index (κ3) is 3.74. The topological polar surface area (TPSA) is 68.9 Å². The largest absolute Gasteiger partial charge is 0.484 e. The maximum atomic E-state index is 13.9. The van der Waals surface area contributed by atoms with Gasteiger partial charge in [-0.15, -0.1) is 0 Å². The van der Waals surface area contributed by atoms with E-state index in [2.05, 4.69) is 5.10 Å². The first-order valence-electron chi connectivity index (χ1n) is 8.87. The molecule has 2 aliphatic heterocycles. The lowest BCUT2D eigenvalue weighted by Crippen LogP contribution is -2.58. The van der Waals surface area contributed by atoms with Gasteiger partial charge < -0.3 is 9.64 Å². The Bertz CT molecular complexity index is 1010. The summed E-state index contributed by atoms with van der Waals surface area (Å²) in [4.78, 5) is 14.2. The van der Waals surface area contributed by atoms with Gasteiger partial charge in [-0.1, -0.05) is 0 Å². The van der Waals surface area contributed by atoms with Crippen LogP contribution < -0.4 is 4.74 Å². The molecule has 2 aliphatic rings. The zero-order valence-corrected chi connectivity index (χ0v) is 15.1. The number of hydrogen-bond donors (Lipinski definition) is 0. The lowest BCUT2D eigenvalue weighted by molar-refractivity contribution is 0.0257. The summed E-state index contributed by atoms with van der Waals surface area (Å²) in [5.74, 6) is -2.08. The van der Waals surface area contributed by atoms with E-state index < -0.39 is 35.6 Å². The van der Waals surface area contributed by atoms with Gasteiger partial charge in [0, 0.05) is 18.7 Å². The number of urea groups is 1. The van der Waals surface area contributed by atoms with Crippen LogP contribution in [0.25, 0.3) is 0 Å². The van der Waals surface area contributed by atoms with Crippen LogP contribution in [0.1, 0.15) is 23.6 Å². The summed E-state index contributed by atoms with van der Waals surface area (Å²) in [6, 6.07) is 7.85. The number of ether oxygens (including phenoxy) is 1. The number of carbonyl (C=O) groups is 1. The SMILES string of the molecule is N#Cc1ccc(OC2CN(C(=O)N3N=CCC3c3cc(F)cc(F)c3)C2)c(F)c1. The minimum Gasteiger partial charge on any atom is -0.484 e. The number of nitriles is 1. The number of benzene rings is 2. The van der Waals surface area contributed by atoms with Gasteiger partial charge in [-0.3, -0.25) is 0 Å². The van der Waals surface area contributed by atoms with E-state index in [-0.39, 0.29) is 24.4 Å². The molecule has 2 aromatic carbocycles. The molecule has 2 aromatic rings. The van der Waals surface area contributed by atoms with Crippen molar-refractivity contribution < 1.29 is 22.7 Å². The van der Waals surface area contributed by atoms with Crippen LogP contribution >= 0.6 is 0 Å². The standard InChI is InChI=1S/C20H15F3N4O2/c21-14-6-13(7-15(22)8-14)18-3-4-25-27(18)20(28)26-10-16(11-26)29-19-2-1-12(9-24)5-17(19)23/h1-2,4-8,16,18H,3,10-11H2. The molecule has 6 nitrogen and oxygen atoms in total. The number of rotatable bonds is 3. The third-order valence-corrected chi connectivity index (χ3v) is 4.77. The van der Waals surface area contributed by atoms with Crippen LogP contribution in [0.15, 0.2) is 41.5 Å². The van der Waals surface area contributed by atoms with Crippen LogP contribution in [-0.4, -0.2) is 41.3 Å². The van der Waals surface area contributed by atoms with Crippen molar-refractivity contribution in [3.8, 4) is 11.8 Å². The van der Waals surface area contributed by atoms with Gasteiger partial charge >= 0.3 is 6.03 Å². The Hall–Kier alpha value is -3.54. The fraction of sp³-hybridized carbons (Fsp3) is 0.250. The fourth-order valence-corrected chi connectivity index (χ4v) is 3.30. The van der Waals surface area contributed by atoms with E-state index in [1.807, 2.05) is 6.07 Å². The van der Waals surface area contributed by atoms with Crippen LogP contribution in [0.4, 0.5) is 18.0 Å². The molecule has 9 heteroatoms. The van der Waals surface area contributed by atoms with Gasteiger partial charge in [0.15, 0.2) is 11.6 Å². The number of amides is 2. The molecule has 0 N–H and O–H groups in total. The molecule has 0 spiro atoms. The number of nitrogens with zero attached hydrogens (tertiary/aromatic N) is 4. The predicted octanol–water partition coefficient (Wildman–Crippen LogP) is 3.59. The minimum absolute atomic E-state index is 0.00778. The van der Waals surface area contributed by atoms with E-state index >= 15 is 0 Å². The zero-order valence-electron chi connectivity index (χ0n) is 15.1. The van der Waals surface area contributed by atoms with Gasteiger partial charge in [0.25, 0.3) is 0 Å². The van der Waals surface area contributed by atoms with E-state index in [4.69, 9.17) is 10.00 Å². The highest BCUT2D eigenvalue weighted by molar-refractivity contribution is 5.79. The predicted molar refractivity (Wildman–Crippen MR) is 96.5 cm³/mol. The van der Waals surface area contributed by atoms with Gasteiger partial charge in [0.1, 0.15) is 17.7 Å². The summed E-state index contributed by atoms with van der Waals surface area (Å²) in [7, 11) is 0. The molecule has 4 rings (SSSR count). The van der Waals surface area contributed by atoms with E-state index in [0.29, 0.717) is 12.0 Å². The van der Waals surface area contributed by atoms with Crippen molar-refractivity contribution in [2.75, 3.05) is 13.1 Å². The molecule has 0 saturated carbocycles. The summed E-state index contributed by atoms with van der Waals surface area (Å²) in [6.45, 7) is 0.434. The van der Waals surface area contributed by atoms with Gasteiger partial charge in [-0.25, -0.2) is 23.0 Å². The van der Waals surface area contributed by atoms with Crippen molar-refractivity contribution in [1.82, 2.24) is 9.91 Å². The number of likely N-dealkylation sites (tertiary alicyclic amines) is 1. The van der Waals surface area contributed by atoms with Gasteiger partial charge in [0.05, 0.1) is 30.8 Å². The molecule has 2 amide bonds. The lowest BCUT2D eigenvalue weighted by atomic mass is 10.0. The van der Waals surface area contributed by atoms with Crippen LogP contribution in [-0.2, 0) is 0 Å². The molecule has 1 atom stereocenters. The van der Waals surface area contributed by atoms with Crippen molar-refractivity contribution in [1.29, 1.82) is 5.26 Å². The zero-order chi connectivity index (χ0) is 20.5. The molecule has 0 radical (unpaired) electrons. The summed E-state index contributed by atoms with van der Waals surface area (Å²) >= 11 is 0. The van der Waals surface area contributed by atoms with Crippen molar-refractivity contribution in [2.24, 2.45) is 5.10 Å². The Labute approximate surface area is 164 Å². The highest BCUT2D eigenvalue weighted by Crippen LogP contribution is 2.31. The first-order chi connectivity index (χ1) is 13.9. The molecule has 1 fully saturated rings. The van der Waals surface area contributed by atoms with E-state index in [9.17, 15) is 18.0 Å². The van der Waals surface area contributed by atoms with Gasteiger partial charge in [-0.05, 0) is 35.9 Å². The Morgan fingerprint density at radius 1 is 1.14 bits per heavy atom. The van der Waals surface area contributed by atoms with Crippen molar-refractivity contribution >= 4 is 12.2 Å². The smallest absolute Gasteiger partial charge is 0.341 e. The second kappa shape index (κ2) is 7.47. The molecule has 148 valence electrons. The molecule has 29 heavy (non-hydrogen) atoms. The molecule has 0 aliphatic carbocycles. The molecule has 0 aromatic heterocycles. The number of carbonyl (C=O) groups excluding carboxylic acids is 1. The van der Waals surface area contributed by atoms with E-state index in [1.54, 1.807) is 0 Å². The monoisotopic (exact) mass is 400 g/mol. The normalized spacial score (nSPS) is 18.5. The highest BCUT2D eigenvalue weighted by atomic mass is 19.1. The van der Waals surface area contributed by atoms with Gasteiger partial charge in [-0.2, -0.15) is 10.4 Å². The molecule has 1 saturated heterocycles. The second-order valence-electron chi connectivity index (χ2n) is 6.78. The molecule has 2 heterocycles. The second-order valence-corrected chi connectivity index (χ2v) is 6.78. The Kier molecular flexibility index (Phi) is 4.84. The Morgan fingerprint density at radius 2 is 1.86 bits per heavy atom. The maximum Gasteiger partial charge on any atom is 0.341 e. The fourth-order valence-electron chi connectivity index (χ4n) is 3.30. The molecule has 1 unspecified atom stereocenters. The lowest BCUT2D eigenvalue weighted by Gasteiger charge is -2.41. The van der Waals surface area contributed by atoms with Crippen LogP contribution in [0.5, 0.6) is 5.75 Å². The molecular weight excluding hydrogens is 385 g/mol. The number of halogens is 3. The van der Waals surface area contributed by atoms with Crippen LogP contribution in [0.3, 0.4) is 0 Å². The van der Waals surface area contributed by atoms with Crippen LogP contribution in [0.2, 0.25) is 0 Å². The van der Waals surface area contributed by atoms with Crippen LogP contribution in [0, 0.1) is 28.8 Å². The number of hydrazone groups is 1. The van der Waals surface area contributed by atoms with Gasteiger partial charge in [0.2, 0.25) is 0 Å². The van der Waals surface area contributed by atoms with Crippen molar-refractivity contribution in [3.63, 3.8) is 0 Å². The van der Waals surface area contributed by atoms with Crippen molar-refractivity contribution in [3.05, 3.63) is 65.0 Å². The highest BCUT2D eigenvalue weighted by Gasteiger charge is 2.39. The first-order valence-corrected chi connectivity index (χ1v) is 8.87. The summed E-state index contributed by atoms with van der Waals surface area (Å²) < 4.78 is 46.5. The summed E-state index contributed by atoms with van der Waals surface area (Å²) in [5.41, 5.74) is 0.508. The first kappa shape index (κ1) is 18.8. The van der Waals surface area contributed by atoms with E-state index in [1.165, 1.54) is 40.4 Å². The summed E-state index contributed by atoms with van der Waals surface area (Å²) in [5, 5.41) is 14.0. The number of hydrogen-bond acceptors (Lipinski definition) is 4. The quantitative estimate of drug-likeness (QED) is 0.791. The van der Waals surface area contributed by atoms with Crippen molar-refractivity contribution in [2.45, 2.75) is 18.6 Å². The average Bonchev–Trinajstić information content (AvgIpc) is 3.14. The maximum absolute atomic E-state index is 13.9. The summed E-state index contributed by atoms with van der Waals surface area (Å²) in [6.07, 6.45) is 1.46. The average molecular weight is 400 g/mol. The third-order valence-electron chi connectivity index (χ3n) is 4.77. The minimum atomic E-state index is -0.721. The van der Waals surface area contributed by atoms with E-state index in [0.717, 1.165) is 12.1 Å².